The van der Waals surface area contributed by atoms with E-state index in [9.17, 15) is 4.79 Å². The predicted molar refractivity (Wildman–Crippen MR) is 73.2 cm³/mol. The van der Waals surface area contributed by atoms with Gasteiger partial charge >= 0.3 is 0 Å². The molecule has 0 spiro atoms. The Hall–Kier alpha value is -0.870. The van der Waals surface area contributed by atoms with E-state index in [4.69, 9.17) is 0 Å². The third-order valence-corrected chi connectivity index (χ3v) is 3.66. The molecule has 1 saturated heterocycles. The van der Waals surface area contributed by atoms with Gasteiger partial charge in [-0.1, -0.05) is 6.07 Å². The highest BCUT2D eigenvalue weighted by Gasteiger charge is 2.20. The summed E-state index contributed by atoms with van der Waals surface area (Å²) < 4.78 is 0.954. The fraction of sp³-hybridized carbons (Fsp3) is 0.462. The highest BCUT2D eigenvalue weighted by molar-refractivity contribution is 9.10. The van der Waals surface area contributed by atoms with Gasteiger partial charge in [0.1, 0.15) is 0 Å². The second-order valence-corrected chi connectivity index (χ2v) is 5.57. The first-order chi connectivity index (χ1) is 8.06. The van der Waals surface area contributed by atoms with Gasteiger partial charge in [-0.25, -0.2) is 0 Å². The minimum atomic E-state index is 0.101. The number of carbonyl (C=O) groups excluding carboxylic acids is 1. The summed E-state index contributed by atoms with van der Waals surface area (Å²) in [7, 11) is 0. The lowest BCUT2D eigenvalue weighted by atomic mass is 9.99. The average molecular weight is 297 g/mol. The second-order valence-electron chi connectivity index (χ2n) is 4.72. The minimum Gasteiger partial charge on any atom is -0.325 e. The summed E-state index contributed by atoms with van der Waals surface area (Å²) in [6, 6.07) is 4.10. The molecule has 2 rings (SSSR count). The van der Waals surface area contributed by atoms with Crippen LogP contribution in [0.2, 0.25) is 0 Å². The molecule has 1 amide bonds. The fourth-order valence-corrected chi connectivity index (χ4v) is 2.79. The quantitative estimate of drug-likeness (QED) is 0.900. The Morgan fingerprint density at radius 3 is 2.71 bits per heavy atom. The van der Waals surface area contributed by atoms with Crippen molar-refractivity contribution in [2.75, 3.05) is 18.4 Å². The average Bonchev–Trinajstić information content (AvgIpc) is 2.17. The molecule has 2 N–H and O–H groups in total. The van der Waals surface area contributed by atoms with Gasteiger partial charge in [0.2, 0.25) is 5.91 Å². The van der Waals surface area contributed by atoms with Crippen LogP contribution in [-0.2, 0) is 4.79 Å². The van der Waals surface area contributed by atoms with Crippen molar-refractivity contribution in [1.82, 2.24) is 5.32 Å². The zero-order valence-electron chi connectivity index (χ0n) is 10.1. The lowest BCUT2D eigenvalue weighted by Gasteiger charge is -2.26. The van der Waals surface area contributed by atoms with E-state index < -0.39 is 0 Å². The van der Waals surface area contributed by atoms with Gasteiger partial charge < -0.3 is 10.6 Å². The van der Waals surface area contributed by atoms with Crippen LogP contribution in [0.25, 0.3) is 0 Å². The molecule has 3 nitrogen and oxygen atoms in total. The summed E-state index contributed by atoms with van der Waals surface area (Å²) in [5, 5.41) is 6.16. The van der Waals surface area contributed by atoms with E-state index in [1.165, 1.54) is 5.56 Å². The molecule has 17 heavy (non-hydrogen) atoms. The zero-order chi connectivity index (χ0) is 12.4. The Morgan fingerprint density at radius 2 is 2.18 bits per heavy atom. The molecular weight excluding hydrogens is 280 g/mol. The molecule has 0 aromatic heterocycles. The normalized spacial score (nSPS) is 15.5. The van der Waals surface area contributed by atoms with Gasteiger partial charge in [-0.2, -0.15) is 0 Å². The van der Waals surface area contributed by atoms with Crippen LogP contribution in [0, 0.1) is 19.8 Å². The molecule has 0 bridgehead atoms. The van der Waals surface area contributed by atoms with Gasteiger partial charge in [-0.3, -0.25) is 4.79 Å². The van der Waals surface area contributed by atoms with Crippen LogP contribution in [0.1, 0.15) is 17.5 Å². The van der Waals surface area contributed by atoms with E-state index in [1.54, 1.807) is 0 Å². The molecule has 1 fully saturated rings. The number of benzene rings is 1. The van der Waals surface area contributed by atoms with Crippen LogP contribution in [-0.4, -0.2) is 19.0 Å². The Kier molecular flexibility index (Phi) is 3.84. The van der Waals surface area contributed by atoms with Gasteiger partial charge in [0.15, 0.2) is 0 Å². The van der Waals surface area contributed by atoms with E-state index in [2.05, 4.69) is 32.6 Å². The Bertz CT molecular complexity index is 418. The third-order valence-electron chi connectivity index (χ3n) is 3.04. The number of aryl methyl sites for hydroxylation is 2. The highest BCUT2D eigenvalue weighted by Crippen LogP contribution is 2.28. The molecule has 0 atom stereocenters. The summed E-state index contributed by atoms with van der Waals surface area (Å²) in [4.78, 5) is 11.8. The first-order valence-electron chi connectivity index (χ1n) is 5.83. The van der Waals surface area contributed by atoms with Gasteiger partial charge in [0.05, 0.1) is 5.69 Å². The summed E-state index contributed by atoms with van der Waals surface area (Å²) in [5.74, 6) is 0.601. The summed E-state index contributed by atoms with van der Waals surface area (Å²) >= 11 is 3.50. The lowest BCUT2D eigenvalue weighted by Crippen LogP contribution is -2.43. The summed E-state index contributed by atoms with van der Waals surface area (Å²) in [6.45, 7) is 5.98. The first kappa shape index (κ1) is 12.6. The maximum absolute atomic E-state index is 11.8. The SMILES string of the molecule is Cc1cc(C)c(NC(=O)CC2CNC2)c(Br)c1. The topological polar surface area (TPSA) is 41.1 Å². The summed E-state index contributed by atoms with van der Waals surface area (Å²) in [5.41, 5.74) is 3.18. The largest absolute Gasteiger partial charge is 0.325 e. The number of hydrogen-bond acceptors (Lipinski definition) is 2. The predicted octanol–water partition coefficient (Wildman–Crippen LogP) is 2.61. The molecule has 1 heterocycles. The molecule has 1 aliphatic heterocycles. The Labute approximate surface area is 110 Å². The van der Waals surface area contributed by atoms with Crippen molar-refractivity contribution >= 4 is 27.5 Å². The molecule has 1 aliphatic rings. The molecule has 0 unspecified atom stereocenters. The maximum atomic E-state index is 11.8. The molecular formula is C13H17BrN2O. The van der Waals surface area contributed by atoms with Crippen LogP contribution in [0.3, 0.4) is 0 Å². The van der Waals surface area contributed by atoms with Crippen LogP contribution in [0.5, 0.6) is 0 Å². The molecule has 92 valence electrons. The van der Waals surface area contributed by atoms with Gasteiger partial charge in [0, 0.05) is 10.9 Å². The molecule has 1 aromatic rings. The lowest BCUT2D eigenvalue weighted by molar-refractivity contribution is -0.117. The van der Waals surface area contributed by atoms with Crippen LogP contribution in [0.15, 0.2) is 16.6 Å². The molecule has 0 saturated carbocycles. The summed E-state index contributed by atoms with van der Waals surface area (Å²) in [6.07, 6.45) is 0.604. The van der Waals surface area contributed by atoms with Crippen LogP contribution >= 0.6 is 15.9 Å². The fourth-order valence-electron chi connectivity index (χ4n) is 2.02. The number of nitrogens with one attached hydrogen (secondary N) is 2. The highest BCUT2D eigenvalue weighted by atomic mass is 79.9. The molecule has 4 heteroatoms. The molecule has 0 radical (unpaired) electrons. The van der Waals surface area contributed by atoms with Gasteiger partial charge in [0.25, 0.3) is 0 Å². The number of hydrogen-bond donors (Lipinski definition) is 2. The minimum absolute atomic E-state index is 0.101. The number of rotatable bonds is 3. The van der Waals surface area contributed by atoms with Crippen molar-refractivity contribution in [3.05, 3.63) is 27.7 Å². The van der Waals surface area contributed by atoms with Crippen molar-refractivity contribution in [2.45, 2.75) is 20.3 Å². The van der Waals surface area contributed by atoms with Gasteiger partial charge in [-0.15, -0.1) is 0 Å². The number of halogens is 1. The monoisotopic (exact) mass is 296 g/mol. The van der Waals surface area contributed by atoms with E-state index >= 15 is 0 Å². The third kappa shape index (κ3) is 3.07. The van der Waals surface area contributed by atoms with Crippen molar-refractivity contribution in [1.29, 1.82) is 0 Å². The van der Waals surface area contributed by atoms with Crippen molar-refractivity contribution < 1.29 is 4.79 Å². The van der Waals surface area contributed by atoms with E-state index in [0.717, 1.165) is 28.8 Å². The second kappa shape index (κ2) is 5.19. The van der Waals surface area contributed by atoms with E-state index in [0.29, 0.717) is 12.3 Å². The number of anilines is 1. The number of carbonyl (C=O) groups is 1. The molecule has 0 aliphatic carbocycles. The first-order valence-corrected chi connectivity index (χ1v) is 6.63. The van der Waals surface area contributed by atoms with Crippen molar-refractivity contribution in [3.8, 4) is 0 Å². The maximum Gasteiger partial charge on any atom is 0.224 e. The van der Waals surface area contributed by atoms with Crippen molar-refractivity contribution in [3.63, 3.8) is 0 Å². The van der Waals surface area contributed by atoms with Crippen molar-refractivity contribution in [2.24, 2.45) is 5.92 Å². The smallest absolute Gasteiger partial charge is 0.224 e. The Balaban J connectivity index is 2.04. The standard InChI is InChI=1S/C13H17BrN2O/c1-8-3-9(2)13(11(14)4-8)16-12(17)5-10-6-15-7-10/h3-4,10,15H,5-7H2,1-2H3,(H,16,17). The molecule has 1 aromatic carbocycles. The van der Waals surface area contributed by atoms with E-state index in [1.807, 2.05) is 19.9 Å². The number of amides is 1. The zero-order valence-corrected chi connectivity index (χ0v) is 11.7. The van der Waals surface area contributed by atoms with Crippen LogP contribution < -0.4 is 10.6 Å². The van der Waals surface area contributed by atoms with Gasteiger partial charge in [-0.05, 0) is 66.0 Å². The Morgan fingerprint density at radius 1 is 1.47 bits per heavy atom. The van der Waals surface area contributed by atoms with E-state index in [-0.39, 0.29) is 5.91 Å². The van der Waals surface area contributed by atoms with Crippen LogP contribution in [0.4, 0.5) is 5.69 Å².